The minimum absolute atomic E-state index is 0.0126. The molecule has 0 spiro atoms. The molecule has 2 aromatic carbocycles. The van der Waals surface area contributed by atoms with Crippen LogP contribution in [0, 0.1) is 5.92 Å². The van der Waals surface area contributed by atoms with Crippen LogP contribution in [0.3, 0.4) is 0 Å². The van der Waals surface area contributed by atoms with E-state index in [1.807, 2.05) is 48.5 Å². The van der Waals surface area contributed by atoms with E-state index in [4.69, 9.17) is 4.74 Å². The standard InChI is InChI=1S/C20H21NO5S/c22-19(13-26-20(23)12-15-10-11-27(24,25)14-15)21-18-9-5-4-8-17(18)16-6-2-1-3-7-16/h1-9,15H,10-14H2,(H,21,22)/t15-/m1/s1. The molecular formula is C20H21NO5S. The van der Waals surface area contributed by atoms with Gasteiger partial charge in [-0.3, -0.25) is 9.59 Å². The highest BCUT2D eigenvalue weighted by molar-refractivity contribution is 7.91. The third-order valence-corrected chi connectivity index (χ3v) is 6.27. The van der Waals surface area contributed by atoms with Crippen molar-refractivity contribution in [2.45, 2.75) is 12.8 Å². The third-order valence-electron chi connectivity index (χ3n) is 4.43. The Morgan fingerprint density at radius 3 is 2.44 bits per heavy atom. The van der Waals surface area contributed by atoms with Crippen LogP contribution in [0.4, 0.5) is 5.69 Å². The minimum Gasteiger partial charge on any atom is -0.456 e. The number of sulfone groups is 1. The predicted molar refractivity (Wildman–Crippen MR) is 103 cm³/mol. The summed E-state index contributed by atoms with van der Waals surface area (Å²) in [7, 11) is -3.03. The molecule has 1 N–H and O–H groups in total. The zero-order chi connectivity index (χ0) is 19.3. The highest BCUT2D eigenvalue weighted by atomic mass is 32.2. The van der Waals surface area contributed by atoms with Crippen molar-refractivity contribution >= 4 is 27.4 Å². The molecule has 1 amide bonds. The van der Waals surface area contributed by atoms with Crippen molar-refractivity contribution in [3.05, 3.63) is 54.6 Å². The van der Waals surface area contributed by atoms with E-state index < -0.39 is 28.3 Å². The SMILES string of the molecule is O=C(COC(=O)C[C@H]1CCS(=O)(=O)C1)Nc1ccccc1-c1ccccc1. The van der Waals surface area contributed by atoms with Crippen LogP contribution in [-0.2, 0) is 24.2 Å². The molecule has 1 heterocycles. The van der Waals surface area contributed by atoms with Crippen molar-refractivity contribution in [3.8, 4) is 11.1 Å². The van der Waals surface area contributed by atoms with Crippen LogP contribution in [0.5, 0.6) is 0 Å². The van der Waals surface area contributed by atoms with Gasteiger partial charge in [-0.2, -0.15) is 0 Å². The maximum absolute atomic E-state index is 12.2. The van der Waals surface area contributed by atoms with Gasteiger partial charge in [-0.1, -0.05) is 48.5 Å². The van der Waals surface area contributed by atoms with Crippen molar-refractivity contribution < 1.29 is 22.7 Å². The molecule has 3 rings (SSSR count). The van der Waals surface area contributed by atoms with Crippen LogP contribution in [-0.4, -0.2) is 38.4 Å². The highest BCUT2D eigenvalue weighted by Crippen LogP contribution is 2.27. The number of ether oxygens (including phenoxy) is 1. The molecule has 1 aliphatic rings. The van der Waals surface area contributed by atoms with Crippen molar-refractivity contribution in [1.82, 2.24) is 0 Å². The molecule has 0 saturated carbocycles. The van der Waals surface area contributed by atoms with E-state index in [0.29, 0.717) is 12.1 Å². The van der Waals surface area contributed by atoms with Gasteiger partial charge in [0.05, 0.1) is 11.5 Å². The molecule has 142 valence electrons. The lowest BCUT2D eigenvalue weighted by molar-refractivity contribution is -0.148. The van der Waals surface area contributed by atoms with Crippen LogP contribution in [0.1, 0.15) is 12.8 Å². The van der Waals surface area contributed by atoms with Gasteiger partial charge in [-0.15, -0.1) is 0 Å². The first-order valence-corrected chi connectivity index (χ1v) is 10.6. The monoisotopic (exact) mass is 387 g/mol. The molecule has 0 unspecified atom stereocenters. The molecule has 0 bridgehead atoms. The molecule has 0 aliphatic carbocycles. The molecule has 1 saturated heterocycles. The lowest BCUT2D eigenvalue weighted by atomic mass is 10.0. The molecule has 2 aromatic rings. The Kier molecular flexibility index (Phi) is 5.91. The maximum atomic E-state index is 12.2. The van der Waals surface area contributed by atoms with Crippen molar-refractivity contribution in [2.24, 2.45) is 5.92 Å². The summed E-state index contributed by atoms with van der Waals surface area (Å²) in [5.74, 6) is -1.08. The highest BCUT2D eigenvalue weighted by Gasteiger charge is 2.30. The fraction of sp³-hybridized carbons (Fsp3) is 0.300. The third kappa shape index (κ3) is 5.40. The number of esters is 1. The normalized spacial score (nSPS) is 18.0. The predicted octanol–water partition coefficient (Wildman–Crippen LogP) is 2.66. The second kappa shape index (κ2) is 8.35. The largest absolute Gasteiger partial charge is 0.456 e. The van der Waals surface area contributed by atoms with Gasteiger partial charge in [0.1, 0.15) is 0 Å². The van der Waals surface area contributed by atoms with Gasteiger partial charge >= 0.3 is 5.97 Å². The molecule has 0 radical (unpaired) electrons. The molecule has 1 atom stereocenters. The zero-order valence-electron chi connectivity index (χ0n) is 14.8. The zero-order valence-corrected chi connectivity index (χ0v) is 15.6. The van der Waals surface area contributed by atoms with Crippen LogP contribution in [0.2, 0.25) is 0 Å². The summed E-state index contributed by atoms with van der Waals surface area (Å²) in [6.07, 6.45) is 0.487. The number of para-hydroxylation sites is 1. The van der Waals surface area contributed by atoms with Gasteiger partial charge in [0, 0.05) is 17.7 Å². The lowest BCUT2D eigenvalue weighted by Gasteiger charge is -2.12. The van der Waals surface area contributed by atoms with E-state index in [0.717, 1.165) is 11.1 Å². The second-order valence-corrected chi connectivity index (χ2v) is 8.82. The molecule has 7 heteroatoms. The average molecular weight is 387 g/mol. The summed E-state index contributed by atoms with van der Waals surface area (Å²) >= 11 is 0. The van der Waals surface area contributed by atoms with E-state index >= 15 is 0 Å². The Morgan fingerprint density at radius 2 is 1.74 bits per heavy atom. The van der Waals surface area contributed by atoms with E-state index in [1.165, 1.54) is 0 Å². The Hall–Kier alpha value is -2.67. The fourth-order valence-electron chi connectivity index (χ4n) is 3.12. The number of amides is 1. The molecule has 6 nitrogen and oxygen atoms in total. The summed E-state index contributed by atoms with van der Waals surface area (Å²) in [5, 5.41) is 2.76. The molecule has 0 aromatic heterocycles. The van der Waals surface area contributed by atoms with Crippen molar-refractivity contribution in [3.63, 3.8) is 0 Å². The first kappa shape index (κ1) is 19.1. The van der Waals surface area contributed by atoms with Crippen LogP contribution in [0.15, 0.2) is 54.6 Å². The smallest absolute Gasteiger partial charge is 0.306 e. The van der Waals surface area contributed by atoms with E-state index in [1.54, 1.807) is 6.07 Å². The number of hydrogen-bond acceptors (Lipinski definition) is 5. The second-order valence-electron chi connectivity index (χ2n) is 6.59. The first-order chi connectivity index (χ1) is 12.9. The number of nitrogens with one attached hydrogen (secondary N) is 1. The van der Waals surface area contributed by atoms with E-state index in [-0.39, 0.29) is 23.8 Å². The Labute approximate surface area is 158 Å². The van der Waals surface area contributed by atoms with Gasteiger partial charge in [0.15, 0.2) is 16.4 Å². The van der Waals surface area contributed by atoms with E-state index in [2.05, 4.69) is 5.32 Å². The van der Waals surface area contributed by atoms with Gasteiger partial charge in [0.2, 0.25) is 0 Å². The Bertz CT molecular complexity index is 924. The topological polar surface area (TPSA) is 89.5 Å². The summed E-state index contributed by atoms with van der Waals surface area (Å²) in [5.41, 5.74) is 2.47. The van der Waals surface area contributed by atoms with Gasteiger partial charge in [0.25, 0.3) is 5.91 Å². The minimum atomic E-state index is -3.03. The Morgan fingerprint density at radius 1 is 1.04 bits per heavy atom. The number of hydrogen-bond donors (Lipinski definition) is 1. The van der Waals surface area contributed by atoms with Gasteiger partial charge in [-0.05, 0) is 24.0 Å². The molecule has 27 heavy (non-hydrogen) atoms. The molecule has 1 aliphatic heterocycles. The quantitative estimate of drug-likeness (QED) is 0.770. The summed E-state index contributed by atoms with van der Waals surface area (Å²) in [4.78, 5) is 24.0. The van der Waals surface area contributed by atoms with Crippen LogP contribution >= 0.6 is 0 Å². The average Bonchev–Trinajstić information content (AvgIpc) is 2.99. The van der Waals surface area contributed by atoms with Crippen LogP contribution in [0.25, 0.3) is 11.1 Å². The van der Waals surface area contributed by atoms with Crippen molar-refractivity contribution in [1.29, 1.82) is 0 Å². The fourth-order valence-corrected chi connectivity index (χ4v) is 4.98. The van der Waals surface area contributed by atoms with Crippen LogP contribution < -0.4 is 5.32 Å². The number of anilines is 1. The number of carbonyl (C=O) groups is 2. The maximum Gasteiger partial charge on any atom is 0.306 e. The first-order valence-electron chi connectivity index (χ1n) is 8.73. The van der Waals surface area contributed by atoms with E-state index in [9.17, 15) is 18.0 Å². The number of carbonyl (C=O) groups excluding carboxylic acids is 2. The summed E-state index contributed by atoms with van der Waals surface area (Å²) in [6, 6.07) is 17.0. The number of rotatable bonds is 6. The lowest BCUT2D eigenvalue weighted by Crippen LogP contribution is -2.22. The van der Waals surface area contributed by atoms with Gasteiger partial charge < -0.3 is 10.1 Å². The summed E-state index contributed by atoms with van der Waals surface area (Å²) in [6.45, 7) is -0.401. The summed E-state index contributed by atoms with van der Waals surface area (Å²) < 4.78 is 27.9. The van der Waals surface area contributed by atoms with Crippen molar-refractivity contribution in [2.75, 3.05) is 23.4 Å². The molecule has 1 fully saturated rings. The number of benzene rings is 2. The van der Waals surface area contributed by atoms with Gasteiger partial charge in [-0.25, -0.2) is 8.42 Å². The Balaban J connectivity index is 1.54. The molecular weight excluding hydrogens is 366 g/mol.